The fourth-order valence-corrected chi connectivity index (χ4v) is 2.76. The van der Waals surface area contributed by atoms with Crippen LogP contribution in [0.15, 0.2) is 6.33 Å². The third-order valence-electron chi connectivity index (χ3n) is 4.18. The fraction of sp³-hybridized carbons (Fsp3) is 0.692. The number of nitrogens with zero attached hydrogens (tertiary/aromatic N) is 2. The molecule has 0 aliphatic heterocycles. The minimum absolute atomic E-state index is 0.696. The van der Waals surface area contributed by atoms with Gasteiger partial charge in [-0.15, -0.1) is 0 Å². The molecule has 0 aromatic carbocycles. The monoisotopic (exact) mass is 247 g/mol. The van der Waals surface area contributed by atoms with Crippen molar-refractivity contribution in [1.82, 2.24) is 9.97 Å². The Morgan fingerprint density at radius 2 is 1.83 bits per heavy atom. The minimum atomic E-state index is 0.696. The van der Waals surface area contributed by atoms with Gasteiger partial charge in [-0.1, -0.05) is 0 Å². The molecule has 2 fully saturated rings. The first-order valence-corrected chi connectivity index (χ1v) is 6.81. The van der Waals surface area contributed by atoms with Crippen LogP contribution in [-0.4, -0.2) is 16.5 Å². The molecule has 5 nitrogen and oxygen atoms in total. The van der Waals surface area contributed by atoms with E-state index in [-0.39, 0.29) is 0 Å². The highest BCUT2D eigenvalue weighted by Gasteiger charge is 2.41. The Morgan fingerprint density at radius 1 is 1.22 bits per heavy atom. The van der Waals surface area contributed by atoms with Crippen molar-refractivity contribution in [2.24, 2.45) is 23.6 Å². The molecular formula is C13H21N5. The van der Waals surface area contributed by atoms with Crippen molar-refractivity contribution in [2.45, 2.75) is 32.6 Å². The van der Waals surface area contributed by atoms with Crippen LogP contribution in [0, 0.1) is 24.7 Å². The molecule has 0 unspecified atom stereocenters. The zero-order valence-electron chi connectivity index (χ0n) is 10.8. The number of anilines is 2. The van der Waals surface area contributed by atoms with Gasteiger partial charge < -0.3 is 10.7 Å². The highest BCUT2D eigenvalue weighted by molar-refractivity contribution is 5.55. The third-order valence-corrected chi connectivity index (χ3v) is 4.18. The van der Waals surface area contributed by atoms with Crippen molar-refractivity contribution in [3.05, 3.63) is 11.9 Å². The van der Waals surface area contributed by atoms with Crippen molar-refractivity contribution in [2.75, 3.05) is 17.3 Å². The second-order valence-electron chi connectivity index (χ2n) is 5.56. The molecule has 1 aromatic rings. The molecule has 2 saturated carbocycles. The fourth-order valence-electron chi connectivity index (χ4n) is 2.76. The molecule has 3 rings (SSSR count). The first-order valence-electron chi connectivity index (χ1n) is 6.81. The summed E-state index contributed by atoms with van der Waals surface area (Å²) in [4.78, 5) is 8.39. The van der Waals surface area contributed by atoms with E-state index in [1.807, 2.05) is 6.92 Å². The average Bonchev–Trinajstić information content (AvgIpc) is 3.25. The molecular weight excluding hydrogens is 226 g/mol. The highest BCUT2D eigenvalue weighted by Crippen LogP contribution is 2.49. The lowest BCUT2D eigenvalue weighted by Gasteiger charge is -2.18. The van der Waals surface area contributed by atoms with Gasteiger partial charge in [-0.2, -0.15) is 0 Å². The molecule has 0 atom stereocenters. The molecule has 0 spiro atoms. The molecule has 5 heteroatoms. The smallest absolute Gasteiger partial charge is 0.148 e. The maximum Gasteiger partial charge on any atom is 0.148 e. The second kappa shape index (κ2) is 4.72. The summed E-state index contributed by atoms with van der Waals surface area (Å²) in [6.07, 6.45) is 7.22. The van der Waals surface area contributed by atoms with Gasteiger partial charge in [-0.25, -0.2) is 15.8 Å². The molecule has 0 radical (unpaired) electrons. The number of aromatic nitrogens is 2. The Balaban J connectivity index is 1.65. The van der Waals surface area contributed by atoms with E-state index in [1.54, 1.807) is 6.33 Å². The van der Waals surface area contributed by atoms with Gasteiger partial charge in [0.2, 0.25) is 0 Å². The van der Waals surface area contributed by atoms with Crippen molar-refractivity contribution >= 4 is 11.6 Å². The van der Waals surface area contributed by atoms with Crippen LogP contribution >= 0.6 is 0 Å². The molecule has 4 N–H and O–H groups in total. The number of nitrogen functional groups attached to an aromatic ring is 1. The summed E-state index contributed by atoms with van der Waals surface area (Å²) >= 11 is 0. The van der Waals surface area contributed by atoms with Gasteiger partial charge in [-0.3, -0.25) is 0 Å². The van der Waals surface area contributed by atoms with Gasteiger partial charge >= 0.3 is 0 Å². The summed E-state index contributed by atoms with van der Waals surface area (Å²) in [5.74, 6) is 9.78. The molecule has 1 aromatic heterocycles. The standard InChI is InChI=1S/C13H21N5/c1-8-12(16-7-17-13(8)18-14)15-6-11(9-2-3-9)10-4-5-10/h7,9-11H,2-6,14H2,1H3,(H2,15,16,17,18). The summed E-state index contributed by atoms with van der Waals surface area (Å²) in [5, 5.41) is 3.48. The van der Waals surface area contributed by atoms with Crippen molar-refractivity contribution in [1.29, 1.82) is 0 Å². The number of hydrogen-bond acceptors (Lipinski definition) is 5. The summed E-state index contributed by atoms with van der Waals surface area (Å²) in [6, 6.07) is 0. The Kier molecular flexibility index (Phi) is 3.07. The van der Waals surface area contributed by atoms with E-state index in [0.717, 1.165) is 35.7 Å². The highest BCUT2D eigenvalue weighted by atomic mass is 15.3. The van der Waals surface area contributed by atoms with Gasteiger partial charge in [0, 0.05) is 12.1 Å². The van der Waals surface area contributed by atoms with Gasteiger partial charge in [0.05, 0.1) is 0 Å². The summed E-state index contributed by atoms with van der Waals surface area (Å²) in [7, 11) is 0. The molecule has 98 valence electrons. The molecule has 2 aliphatic carbocycles. The van der Waals surface area contributed by atoms with Crippen LogP contribution < -0.4 is 16.6 Å². The molecule has 0 saturated heterocycles. The van der Waals surface area contributed by atoms with Crippen LogP contribution in [-0.2, 0) is 0 Å². The Hall–Kier alpha value is -1.36. The maximum atomic E-state index is 5.42. The predicted molar refractivity (Wildman–Crippen MR) is 72.0 cm³/mol. The summed E-state index contributed by atoms with van der Waals surface area (Å²) in [5.41, 5.74) is 3.59. The number of rotatable bonds is 6. The van der Waals surface area contributed by atoms with E-state index in [9.17, 15) is 0 Å². The molecule has 1 heterocycles. The van der Waals surface area contributed by atoms with Crippen molar-refractivity contribution < 1.29 is 0 Å². The van der Waals surface area contributed by atoms with Gasteiger partial charge in [0.1, 0.15) is 18.0 Å². The molecule has 0 bridgehead atoms. The van der Waals surface area contributed by atoms with Crippen LogP contribution in [0.2, 0.25) is 0 Å². The Morgan fingerprint density at radius 3 is 2.39 bits per heavy atom. The zero-order valence-corrected chi connectivity index (χ0v) is 10.8. The van der Waals surface area contributed by atoms with Crippen molar-refractivity contribution in [3.8, 4) is 0 Å². The lowest BCUT2D eigenvalue weighted by molar-refractivity contribution is 0.427. The van der Waals surface area contributed by atoms with Crippen molar-refractivity contribution in [3.63, 3.8) is 0 Å². The Labute approximate surface area is 108 Å². The zero-order chi connectivity index (χ0) is 12.5. The van der Waals surface area contributed by atoms with Gasteiger partial charge in [-0.05, 0) is 50.4 Å². The SMILES string of the molecule is Cc1c(NN)ncnc1NCC(C1CC1)C1CC1. The van der Waals surface area contributed by atoms with Crippen LogP contribution in [0.25, 0.3) is 0 Å². The average molecular weight is 247 g/mol. The Bertz CT molecular complexity index is 413. The van der Waals surface area contributed by atoms with E-state index in [1.165, 1.54) is 25.7 Å². The number of hydrazine groups is 1. The van der Waals surface area contributed by atoms with Gasteiger partial charge in [0.15, 0.2) is 0 Å². The topological polar surface area (TPSA) is 75.9 Å². The minimum Gasteiger partial charge on any atom is -0.369 e. The molecule has 2 aliphatic rings. The lowest BCUT2D eigenvalue weighted by Crippen LogP contribution is -2.20. The van der Waals surface area contributed by atoms with E-state index in [2.05, 4.69) is 20.7 Å². The summed E-state index contributed by atoms with van der Waals surface area (Å²) in [6.45, 7) is 3.03. The van der Waals surface area contributed by atoms with E-state index in [4.69, 9.17) is 5.84 Å². The van der Waals surface area contributed by atoms with Crippen LogP contribution in [0.4, 0.5) is 11.6 Å². The number of nitrogens with one attached hydrogen (secondary N) is 2. The normalized spacial score (nSPS) is 19.1. The second-order valence-corrected chi connectivity index (χ2v) is 5.56. The van der Waals surface area contributed by atoms with Crippen LogP contribution in [0.3, 0.4) is 0 Å². The molecule has 0 amide bonds. The predicted octanol–water partition coefficient (Wildman–Crippen LogP) is 1.92. The maximum absolute atomic E-state index is 5.42. The number of hydrogen-bond donors (Lipinski definition) is 3. The summed E-state index contributed by atoms with van der Waals surface area (Å²) < 4.78 is 0. The first-order chi connectivity index (χ1) is 8.79. The van der Waals surface area contributed by atoms with Crippen LogP contribution in [0.5, 0.6) is 0 Å². The van der Waals surface area contributed by atoms with Crippen LogP contribution in [0.1, 0.15) is 31.2 Å². The van der Waals surface area contributed by atoms with E-state index >= 15 is 0 Å². The lowest BCUT2D eigenvalue weighted by atomic mass is 9.98. The molecule has 18 heavy (non-hydrogen) atoms. The first kappa shape index (κ1) is 11.7. The quantitative estimate of drug-likeness (QED) is 0.529. The van der Waals surface area contributed by atoms with E-state index in [0.29, 0.717) is 5.82 Å². The van der Waals surface area contributed by atoms with E-state index < -0.39 is 0 Å². The van der Waals surface area contributed by atoms with Gasteiger partial charge in [0.25, 0.3) is 0 Å². The largest absolute Gasteiger partial charge is 0.369 e. The third kappa shape index (κ3) is 2.41. The number of nitrogens with two attached hydrogens (primary N) is 1.